The highest BCUT2D eigenvalue weighted by Gasteiger charge is 2.24. The van der Waals surface area contributed by atoms with Crippen LogP contribution in [0.3, 0.4) is 0 Å². The third kappa shape index (κ3) is 4.46. The Bertz CT molecular complexity index is 719. The van der Waals surface area contributed by atoms with Crippen molar-refractivity contribution in [3.05, 3.63) is 53.2 Å². The molecule has 2 rings (SSSR count). The molecule has 0 aliphatic carbocycles. The lowest BCUT2D eigenvalue weighted by Gasteiger charge is -2.24. The highest BCUT2D eigenvalue weighted by atomic mass is 19.1. The number of carbonyl (C=O) groups excluding carboxylic acids is 1. The van der Waals surface area contributed by atoms with Gasteiger partial charge in [0, 0.05) is 11.8 Å². The van der Waals surface area contributed by atoms with Gasteiger partial charge in [-0.15, -0.1) is 0 Å². The highest BCUT2D eigenvalue weighted by Crippen LogP contribution is 2.20. The molecule has 7 heteroatoms. The summed E-state index contributed by atoms with van der Waals surface area (Å²) >= 11 is 0. The zero-order valence-corrected chi connectivity index (χ0v) is 13.2. The number of nitrogens with one attached hydrogen (secondary N) is 2. The van der Waals surface area contributed by atoms with Crippen LogP contribution < -0.4 is 10.6 Å². The number of rotatable bonds is 4. The van der Waals surface area contributed by atoms with Crippen LogP contribution >= 0.6 is 0 Å². The third-order valence-corrected chi connectivity index (χ3v) is 3.36. The van der Waals surface area contributed by atoms with Crippen LogP contribution in [0.4, 0.5) is 15.0 Å². The third-order valence-electron chi connectivity index (χ3n) is 3.36. The molecule has 0 aliphatic heterocycles. The summed E-state index contributed by atoms with van der Waals surface area (Å²) in [6.07, 6.45) is 1.61. The Hall–Kier alpha value is -2.54. The van der Waals surface area contributed by atoms with Gasteiger partial charge in [0.05, 0.1) is 6.54 Å². The standard InChI is InChI=1S/C16H19FN4O2/c1-10-8-18-11(2)20-14(10)21-15(22)19-9-16(3,23)12-5-4-6-13(17)7-12/h4-8,23H,9H2,1-3H3,(H2,18,19,20,21,22). The largest absolute Gasteiger partial charge is 0.384 e. The normalized spacial score (nSPS) is 13.3. The van der Waals surface area contributed by atoms with E-state index in [1.54, 1.807) is 26.1 Å². The molecule has 0 spiro atoms. The highest BCUT2D eigenvalue weighted by molar-refractivity contribution is 5.88. The molecule has 2 aromatic rings. The molecule has 0 fully saturated rings. The number of amides is 2. The average Bonchev–Trinajstić information content (AvgIpc) is 2.49. The van der Waals surface area contributed by atoms with Gasteiger partial charge in [0.2, 0.25) is 0 Å². The summed E-state index contributed by atoms with van der Waals surface area (Å²) in [4.78, 5) is 20.1. The van der Waals surface area contributed by atoms with Gasteiger partial charge in [0.15, 0.2) is 0 Å². The van der Waals surface area contributed by atoms with Gasteiger partial charge in [0.1, 0.15) is 23.1 Å². The van der Waals surface area contributed by atoms with Crippen LogP contribution in [0.15, 0.2) is 30.5 Å². The summed E-state index contributed by atoms with van der Waals surface area (Å²) < 4.78 is 13.2. The molecule has 1 aromatic heterocycles. The number of aliphatic hydroxyl groups is 1. The van der Waals surface area contributed by atoms with Gasteiger partial charge < -0.3 is 10.4 Å². The van der Waals surface area contributed by atoms with Crippen LogP contribution in [-0.2, 0) is 5.60 Å². The summed E-state index contributed by atoms with van der Waals surface area (Å²) in [6, 6.07) is 5.12. The molecule has 0 bridgehead atoms. The minimum absolute atomic E-state index is 0.0780. The zero-order valence-electron chi connectivity index (χ0n) is 13.2. The van der Waals surface area contributed by atoms with E-state index < -0.39 is 17.4 Å². The van der Waals surface area contributed by atoms with Crippen molar-refractivity contribution in [2.24, 2.45) is 0 Å². The van der Waals surface area contributed by atoms with E-state index in [1.165, 1.54) is 25.1 Å². The number of anilines is 1. The van der Waals surface area contributed by atoms with Crippen molar-refractivity contribution in [1.29, 1.82) is 0 Å². The number of aromatic nitrogens is 2. The molecule has 0 saturated heterocycles. The first-order valence-corrected chi connectivity index (χ1v) is 7.11. The quantitative estimate of drug-likeness (QED) is 0.807. The van der Waals surface area contributed by atoms with Crippen molar-refractivity contribution in [2.45, 2.75) is 26.4 Å². The summed E-state index contributed by atoms with van der Waals surface area (Å²) in [5, 5.41) is 15.5. The molecule has 1 heterocycles. The van der Waals surface area contributed by atoms with Crippen LogP contribution in [0.1, 0.15) is 23.9 Å². The SMILES string of the molecule is Cc1ncc(C)c(NC(=O)NCC(C)(O)c2cccc(F)c2)n1. The van der Waals surface area contributed by atoms with E-state index in [0.717, 1.165) is 5.56 Å². The van der Waals surface area contributed by atoms with Crippen LogP contribution in [0.2, 0.25) is 0 Å². The van der Waals surface area contributed by atoms with Gasteiger partial charge in [-0.05, 0) is 38.5 Å². The first kappa shape index (κ1) is 16.8. The minimum Gasteiger partial charge on any atom is -0.384 e. The number of hydrogen-bond acceptors (Lipinski definition) is 4. The molecule has 1 unspecified atom stereocenters. The molecule has 6 nitrogen and oxygen atoms in total. The topological polar surface area (TPSA) is 87.1 Å². The molecule has 0 radical (unpaired) electrons. The Morgan fingerprint density at radius 1 is 1.39 bits per heavy atom. The second kappa shape index (κ2) is 6.70. The monoisotopic (exact) mass is 318 g/mol. The van der Waals surface area contributed by atoms with Gasteiger partial charge in [-0.1, -0.05) is 12.1 Å². The van der Waals surface area contributed by atoms with E-state index in [-0.39, 0.29) is 6.54 Å². The van der Waals surface area contributed by atoms with Crippen LogP contribution in [0, 0.1) is 19.7 Å². The summed E-state index contributed by atoms with van der Waals surface area (Å²) in [7, 11) is 0. The van der Waals surface area contributed by atoms with Gasteiger partial charge in [0.25, 0.3) is 0 Å². The predicted octanol–water partition coefficient (Wildman–Crippen LogP) is 2.26. The lowest BCUT2D eigenvalue weighted by molar-refractivity contribution is 0.0596. The first-order chi connectivity index (χ1) is 10.8. The number of halogens is 1. The maximum absolute atomic E-state index is 13.2. The second-order valence-corrected chi connectivity index (χ2v) is 5.54. The maximum atomic E-state index is 13.2. The van der Waals surface area contributed by atoms with E-state index in [9.17, 15) is 14.3 Å². The number of benzene rings is 1. The Balaban J connectivity index is 1.99. The average molecular weight is 318 g/mol. The summed E-state index contributed by atoms with van der Waals surface area (Å²) in [5.41, 5.74) is -0.287. The Morgan fingerprint density at radius 3 is 2.83 bits per heavy atom. The van der Waals surface area contributed by atoms with E-state index in [1.807, 2.05) is 0 Å². The summed E-state index contributed by atoms with van der Waals surface area (Å²) in [5.74, 6) is 0.498. The lowest BCUT2D eigenvalue weighted by Crippen LogP contribution is -2.40. The van der Waals surface area contributed by atoms with Crippen molar-refractivity contribution in [2.75, 3.05) is 11.9 Å². The molecule has 3 N–H and O–H groups in total. The molecule has 1 aromatic carbocycles. The van der Waals surface area contributed by atoms with Crippen molar-refractivity contribution >= 4 is 11.8 Å². The Labute approximate surface area is 133 Å². The van der Waals surface area contributed by atoms with Crippen molar-refractivity contribution in [3.8, 4) is 0 Å². The van der Waals surface area contributed by atoms with E-state index in [0.29, 0.717) is 17.2 Å². The number of carbonyl (C=O) groups is 1. The zero-order chi connectivity index (χ0) is 17.0. The van der Waals surface area contributed by atoms with Gasteiger partial charge in [-0.2, -0.15) is 0 Å². The number of urea groups is 1. The minimum atomic E-state index is -1.39. The second-order valence-electron chi connectivity index (χ2n) is 5.54. The van der Waals surface area contributed by atoms with Gasteiger partial charge in [-0.25, -0.2) is 19.2 Å². The first-order valence-electron chi connectivity index (χ1n) is 7.11. The summed E-state index contributed by atoms with van der Waals surface area (Å²) in [6.45, 7) is 4.92. The molecule has 0 aliphatic rings. The predicted molar refractivity (Wildman–Crippen MR) is 84.5 cm³/mol. The van der Waals surface area contributed by atoms with E-state index >= 15 is 0 Å². The van der Waals surface area contributed by atoms with Crippen molar-refractivity contribution in [1.82, 2.24) is 15.3 Å². The Morgan fingerprint density at radius 2 is 2.13 bits per heavy atom. The smallest absolute Gasteiger partial charge is 0.320 e. The maximum Gasteiger partial charge on any atom is 0.320 e. The van der Waals surface area contributed by atoms with Crippen molar-refractivity contribution in [3.63, 3.8) is 0 Å². The lowest BCUT2D eigenvalue weighted by atomic mass is 9.96. The fourth-order valence-electron chi connectivity index (χ4n) is 1.99. The van der Waals surface area contributed by atoms with E-state index in [4.69, 9.17) is 0 Å². The molecule has 0 saturated carbocycles. The number of hydrogen-bond donors (Lipinski definition) is 3. The van der Waals surface area contributed by atoms with Gasteiger partial charge in [-0.3, -0.25) is 5.32 Å². The number of aryl methyl sites for hydroxylation is 2. The van der Waals surface area contributed by atoms with E-state index in [2.05, 4.69) is 20.6 Å². The fourth-order valence-corrected chi connectivity index (χ4v) is 1.99. The molecular weight excluding hydrogens is 299 g/mol. The Kier molecular flexibility index (Phi) is 4.90. The van der Waals surface area contributed by atoms with Crippen LogP contribution in [0.5, 0.6) is 0 Å². The number of nitrogens with zero attached hydrogens (tertiary/aromatic N) is 2. The molecule has 23 heavy (non-hydrogen) atoms. The molecule has 2 amide bonds. The molecule has 122 valence electrons. The van der Waals surface area contributed by atoms with Gasteiger partial charge >= 0.3 is 6.03 Å². The van der Waals surface area contributed by atoms with Crippen molar-refractivity contribution < 1.29 is 14.3 Å². The molecule has 1 atom stereocenters. The fraction of sp³-hybridized carbons (Fsp3) is 0.312. The van der Waals surface area contributed by atoms with Crippen LogP contribution in [-0.4, -0.2) is 27.7 Å². The molecular formula is C16H19FN4O2. The van der Waals surface area contributed by atoms with Crippen LogP contribution in [0.25, 0.3) is 0 Å².